The van der Waals surface area contributed by atoms with Gasteiger partial charge in [-0.15, -0.1) is 6.58 Å². The smallest absolute Gasteiger partial charge is 0.0589 e. The average Bonchev–Trinajstić information content (AvgIpc) is 2.78. The van der Waals surface area contributed by atoms with Crippen LogP contribution in [0.4, 0.5) is 0 Å². The van der Waals surface area contributed by atoms with Crippen LogP contribution in [0.2, 0.25) is 0 Å². The normalized spacial score (nSPS) is 20.5. The van der Waals surface area contributed by atoms with Crippen molar-refractivity contribution in [3.63, 3.8) is 0 Å². The van der Waals surface area contributed by atoms with E-state index in [4.69, 9.17) is 4.74 Å². The van der Waals surface area contributed by atoms with Gasteiger partial charge in [-0.25, -0.2) is 0 Å². The van der Waals surface area contributed by atoms with Crippen molar-refractivity contribution < 1.29 is 4.74 Å². The third-order valence-corrected chi connectivity index (χ3v) is 3.14. The summed E-state index contributed by atoms with van der Waals surface area (Å²) in [6, 6.07) is 0.695. The van der Waals surface area contributed by atoms with Crippen LogP contribution in [0.15, 0.2) is 12.7 Å². The third kappa shape index (κ3) is 5.64. The van der Waals surface area contributed by atoms with Crippen molar-refractivity contribution in [2.45, 2.75) is 31.7 Å². The number of ether oxygens (including phenoxy) is 1. The molecule has 0 amide bonds. The maximum Gasteiger partial charge on any atom is 0.0589 e. The summed E-state index contributed by atoms with van der Waals surface area (Å²) < 4.78 is 5.16. The summed E-state index contributed by atoms with van der Waals surface area (Å²) in [5.41, 5.74) is 0. The van der Waals surface area contributed by atoms with E-state index in [1.54, 1.807) is 7.11 Å². The summed E-state index contributed by atoms with van der Waals surface area (Å²) in [7, 11) is 1.77. The molecule has 0 saturated carbocycles. The molecule has 1 aliphatic rings. The van der Waals surface area contributed by atoms with Crippen LogP contribution in [0, 0.1) is 0 Å². The second kappa shape index (κ2) is 8.74. The second-order valence-electron chi connectivity index (χ2n) is 4.52. The second-order valence-corrected chi connectivity index (χ2v) is 4.52. The zero-order valence-electron chi connectivity index (χ0n) is 10.6. The number of hydrogen-bond acceptors (Lipinski definition) is 3. The molecule has 0 bridgehead atoms. The Balaban J connectivity index is 2.21. The van der Waals surface area contributed by atoms with Crippen LogP contribution in [-0.2, 0) is 4.74 Å². The molecule has 1 rings (SSSR count). The van der Waals surface area contributed by atoms with Crippen LogP contribution >= 0.6 is 0 Å². The number of hydrogen-bond donors (Lipinski definition) is 1. The van der Waals surface area contributed by atoms with Crippen molar-refractivity contribution >= 4 is 0 Å². The van der Waals surface area contributed by atoms with Gasteiger partial charge in [0.2, 0.25) is 0 Å². The molecule has 0 aliphatic carbocycles. The van der Waals surface area contributed by atoms with Crippen LogP contribution in [0.1, 0.15) is 25.7 Å². The fourth-order valence-corrected chi connectivity index (χ4v) is 2.20. The van der Waals surface area contributed by atoms with Gasteiger partial charge in [-0.3, -0.25) is 4.90 Å². The van der Waals surface area contributed by atoms with Gasteiger partial charge in [0.1, 0.15) is 0 Å². The number of rotatable bonds is 9. The van der Waals surface area contributed by atoms with E-state index in [0.29, 0.717) is 6.04 Å². The average molecular weight is 226 g/mol. The fourth-order valence-electron chi connectivity index (χ4n) is 2.20. The van der Waals surface area contributed by atoms with E-state index in [1.807, 2.05) is 6.08 Å². The maximum atomic E-state index is 5.16. The molecule has 1 saturated heterocycles. The lowest BCUT2D eigenvalue weighted by Gasteiger charge is -2.25. The Morgan fingerprint density at radius 1 is 1.50 bits per heavy atom. The molecule has 0 aromatic carbocycles. The summed E-state index contributed by atoms with van der Waals surface area (Å²) in [4.78, 5) is 2.51. The van der Waals surface area contributed by atoms with Crippen molar-refractivity contribution in [1.29, 1.82) is 0 Å². The standard InChI is InChI=1S/C13H26N2O/c1-3-4-5-9-15(10-11-16-2)12-13-7-6-8-14-13/h3,13-14H,1,4-12H2,2H3. The van der Waals surface area contributed by atoms with E-state index < -0.39 is 0 Å². The lowest BCUT2D eigenvalue weighted by Crippen LogP contribution is -2.39. The molecule has 0 radical (unpaired) electrons. The first kappa shape index (κ1) is 13.7. The van der Waals surface area contributed by atoms with E-state index in [1.165, 1.54) is 32.4 Å². The first-order valence-electron chi connectivity index (χ1n) is 6.42. The Morgan fingerprint density at radius 2 is 2.38 bits per heavy atom. The van der Waals surface area contributed by atoms with Gasteiger partial charge in [-0.05, 0) is 38.8 Å². The molecular weight excluding hydrogens is 200 g/mol. The van der Waals surface area contributed by atoms with Crippen LogP contribution in [0.3, 0.4) is 0 Å². The van der Waals surface area contributed by atoms with Gasteiger partial charge < -0.3 is 10.1 Å². The quantitative estimate of drug-likeness (QED) is 0.478. The molecule has 1 N–H and O–H groups in total. The lowest BCUT2D eigenvalue weighted by atomic mass is 10.2. The van der Waals surface area contributed by atoms with Crippen molar-refractivity contribution in [2.75, 3.05) is 39.9 Å². The monoisotopic (exact) mass is 226 g/mol. The van der Waals surface area contributed by atoms with Gasteiger partial charge >= 0.3 is 0 Å². The van der Waals surface area contributed by atoms with Crippen LogP contribution < -0.4 is 5.32 Å². The van der Waals surface area contributed by atoms with Crippen molar-refractivity contribution in [3.05, 3.63) is 12.7 Å². The minimum atomic E-state index is 0.695. The van der Waals surface area contributed by atoms with Gasteiger partial charge in [0.25, 0.3) is 0 Å². The molecule has 1 fully saturated rings. The van der Waals surface area contributed by atoms with E-state index in [-0.39, 0.29) is 0 Å². The molecular formula is C13H26N2O. The van der Waals surface area contributed by atoms with E-state index in [0.717, 1.165) is 26.1 Å². The van der Waals surface area contributed by atoms with E-state index >= 15 is 0 Å². The van der Waals surface area contributed by atoms with Gasteiger partial charge in [-0.1, -0.05) is 6.08 Å². The minimum absolute atomic E-state index is 0.695. The number of allylic oxidation sites excluding steroid dienone is 1. The number of methoxy groups -OCH3 is 1. The summed E-state index contributed by atoms with van der Waals surface area (Å²) in [5.74, 6) is 0. The van der Waals surface area contributed by atoms with Crippen molar-refractivity contribution in [3.8, 4) is 0 Å². The summed E-state index contributed by atoms with van der Waals surface area (Å²) in [6.07, 6.45) is 6.98. The Morgan fingerprint density at radius 3 is 3.00 bits per heavy atom. The van der Waals surface area contributed by atoms with E-state index in [2.05, 4.69) is 16.8 Å². The highest BCUT2D eigenvalue weighted by atomic mass is 16.5. The zero-order valence-corrected chi connectivity index (χ0v) is 10.6. The largest absolute Gasteiger partial charge is 0.383 e. The predicted molar refractivity (Wildman–Crippen MR) is 68.8 cm³/mol. The van der Waals surface area contributed by atoms with Gasteiger partial charge in [-0.2, -0.15) is 0 Å². The van der Waals surface area contributed by atoms with Crippen LogP contribution in [0.5, 0.6) is 0 Å². The van der Waals surface area contributed by atoms with Crippen LogP contribution in [-0.4, -0.2) is 50.8 Å². The predicted octanol–water partition coefficient (Wildman–Crippen LogP) is 1.65. The topological polar surface area (TPSA) is 24.5 Å². The first-order valence-corrected chi connectivity index (χ1v) is 6.42. The van der Waals surface area contributed by atoms with Gasteiger partial charge in [0.05, 0.1) is 6.61 Å². The highest BCUT2D eigenvalue weighted by molar-refractivity contribution is 4.78. The molecule has 1 unspecified atom stereocenters. The molecule has 1 heterocycles. The van der Waals surface area contributed by atoms with E-state index in [9.17, 15) is 0 Å². The Labute approximate surface area is 99.8 Å². The lowest BCUT2D eigenvalue weighted by molar-refractivity contribution is 0.141. The van der Waals surface area contributed by atoms with Crippen molar-refractivity contribution in [2.24, 2.45) is 0 Å². The number of nitrogens with one attached hydrogen (secondary N) is 1. The highest BCUT2D eigenvalue weighted by Gasteiger charge is 2.17. The SMILES string of the molecule is C=CCCCN(CCOC)CC1CCCN1. The molecule has 16 heavy (non-hydrogen) atoms. The number of nitrogens with zero attached hydrogens (tertiary/aromatic N) is 1. The van der Waals surface area contributed by atoms with Gasteiger partial charge in [0.15, 0.2) is 0 Å². The summed E-state index contributed by atoms with van der Waals surface area (Å²) >= 11 is 0. The molecule has 1 atom stereocenters. The molecule has 94 valence electrons. The highest BCUT2D eigenvalue weighted by Crippen LogP contribution is 2.07. The maximum absolute atomic E-state index is 5.16. The molecule has 0 aromatic rings. The minimum Gasteiger partial charge on any atom is -0.383 e. The summed E-state index contributed by atoms with van der Waals surface area (Å²) in [5, 5.41) is 3.55. The Hall–Kier alpha value is -0.380. The molecule has 0 aromatic heterocycles. The fraction of sp³-hybridized carbons (Fsp3) is 0.846. The molecule has 0 spiro atoms. The number of unbranched alkanes of at least 4 members (excludes halogenated alkanes) is 1. The first-order chi connectivity index (χ1) is 7.86. The van der Waals surface area contributed by atoms with Crippen molar-refractivity contribution in [1.82, 2.24) is 10.2 Å². The Bertz CT molecular complexity index is 179. The molecule has 1 aliphatic heterocycles. The zero-order chi connectivity index (χ0) is 11.6. The third-order valence-electron chi connectivity index (χ3n) is 3.14. The Kier molecular flexibility index (Phi) is 7.47. The summed E-state index contributed by atoms with van der Waals surface area (Å²) in [6.45, 7) is 9.17. The van der Waals surface area contributed by atoms with Gasteiger partial charge in [0, 0.05) is 26.2 Å². The van der Waals surface area contributed by atoms with Crippen LogP contribution in [0.25, 0.3) is 0 Å². The molecule has 3 heteroatoms. The molecule has 3 nitrogen and oxygen atoms in total.